The Kier molecular flexibility index (Phi) is 6.32. The fraction of sp³-hybridized carbons (Fsp3) is 0. The van der Waals surface area contributed by atoms with Gasteiger partial charge in [0.2, 0.25) is 0 Å². The van der Waals surface area contributed by atoms with Gasteiger partial charge in [-0.1, -0.05) is 127 Å². The predicted molar refractivity (Wildman–Crippen MR) is 221 cm³/mol. The summed E-state index contributed by atoms with van der Waals surface area (Å²) in [5, 5.41) is 8.04. The molecule has 0 saturated heterocycles. The van der Waals surface area contributed by atoms with E-state index in [9.17, 15) is 0 Å². The highest BCUT2D eigenvalue weighted by molar-refractivity contribution is 7.30. The highest BCUT2D eigenvalue weighted by atomic mass is 32.1. The van der Waals surface area contributed by atoms with Gasteiger partial charge in [-0.2, -0.15) is 0 Å². The zero-order chi connectivity index (χ0) is 33.5. The summed E-state index contributed by atoms with van der Waals surface area (Å²) in [5.41, 5.74) is 10.1. The van der Waals surface area contributed by atoms with E-state index in [-0.39, 0.29) is 0 Å². The van der Waals surface area contributed by atoms with Crippen molar-refractivity contribution in [2.24, 2.45) is 0 Å². The van der Waals surface area contributed by atoms with E-state index >= 15 is 0 Å². The van der Waals surface area contributed by atoms with Gasteiger partial charge in [-0.05, 0) is 53.6 Å². The number of benzene rings is 7. The van der Waals surface area contributed by atoms with Crippen LogP contribution in [-0.2, 0) is 0 Å². The minimum Gasteiger partial charge on any atom is -0.308 e. The van der Waals surface area contributed by atoms with Gasteiger partial charge in [0.05, 0.1) is 27.1 Å². The molecule has 7 aromatic carbocycles. The summed E-state index contributed by atoms with van der Waals surface area (Å²) in [5.74, 6) is 0. The van der Waals surface area contributed by atoms with E-state index in [0.717, 1.165) is 39.3 Å². The Morgan fingerprint density at radius 2 is 0.922 bits per heavy atom. The van der Waals surface area contributed by atoms with Crippen LogP contribution < -0.4 is 0 Å². The highest BCUT2D eigenvalue weighted by Crippen LogP contribution is 2.52. The van der Waals surface area contributed by atoms with Crippen LogP contribution in [0.4, 0.5) is 0 Å². The Morgan fingerprint density at radius 3 is 1.57 bits per heavy atom. The summed E-state index contributed by atoms with van der Waals surface area (Å²) in [6, 6.07) is 61.3. The van der Waals surface area contributed by atoms with Crippen molar-refractivity contribution in [1.29, 1.82) is 0 Å². The monoisotopic (exact) mass is 684 g/mol. The average molecular weight is 685 g/mol. The first-order valence-corrected chi connectivity index (χ1v) is 18.8. The molecule has 11 aromatic rings. The Hall–Kier alpha value is -6.07. The smallest absolute Gasteiger partial charge is 0.0727 e. The first kappa shape index (κ1) is 28.7. The fourth-order valence-electron chi connectivity index (χ4n) is 7.90. The van der Waals surface area contributed by atoms with E-state index in [0.29, 0.717) is 0 Å². The molecule has 0 spiro atoms. The number of aromatic nitrogens is 2. The van der Waals surface area contributed by atoms with Gasteiger partial charge in [0.1, 0.15) is 0 Å². The van der Waals surface area contributed by atoms with Crippen molar-refractivity contribution in [3.8, 4) is 39.3 Å². The maximum Gasteiger partial charge on any atom is 0.0727 e. The zero-order valence-electron chi connectivity index (χ0n) is 27.4. The Labute approximate surface area is 302 Å². The first-order chi connectivity index (χ1) is 25.3. The third kappa shape index (κ3) is 4.37. The molecule has 0 unspecified atom stereocenters. The molecular weight excluding hydrogens is 657 g/mol. The van der Waals surface area contributed by atoms with Crippen LogP contribution in [0.1, 0.15) is 0 Å². The van der Waals surface area contributed by atoms with E-state index in [2.05, 4.69) is 174 Å². The normalized spacial score (nSPS) is 11.9. The summed E-state index contributed by atoms with van der Waals surface area (Å²) < 4.78 is 7.90. The van der Waals surface area contributed by atoms with Gasteiger partial charge in [-0.3, -0.25) is 0 Å². The molecule has 0 aliphatic rings. The quantitative estimate of drug-likeness (QED) is 0.180. The topological polar surface area (TPSA) is 17.8 Å². The number of hydrogen-bond acceptors (Lipinski definition) is 3. The van der Waals surface area contributed by atoms with Crippen molar-refractivity contribution in [2.75, 3.05) is 0 Å². The molecule has 0 aliphatic carbocycles. The molecule has 0 fully saturated rings. The summed E-state index contributed by atoms with van der Waals surface area (Å²) in [7, 11) is 0. The number of hydrogen-bond donors (Lipinski definition) is 0. The molecule has 4 heteroatoms. The molecule has 0 N–H and O–H groups in total. The minimum atomic E-state index is 0.970. The second-order valence-electron chi connectivity index (χ2n) is 13.1. The summed E-state index contributed by atoms with van der Waals surface area (Å²) >= 11 is 3.85. The molecular formula is C47H28N2S2. The summed E-state index contributed by atoms with van der Waals surface area (Å²) in [6.07, 6.45) is 0. The van der Waals surface area contributed by atoms with Crippen LogP contribution in [0.3, 0.4) is 0 Å². The number of rotatable bonds is 4. The molecule has 4 aromatic heterocycles. The van der Waals surface area contributed by atoms with Crippen molar-refractivity contribution in [3.63, 3.8) is 0 Å². The van der Waals surface area contributed by atoms with E-state index in [1.165, 1.54) is 62.2 Å². The van der Waals surface area contributed by atoms with Crippen molar-refractivity contribution in [3.05, 3.63) is 170 Å². The van der Waals surface area contributed by atoms with Gasteiger partial charge in [-0.15, -0.1) is 22.7 Å². The second-order valence-corrected chi connectivity index (χ2v) is 15.2. The van der Waals surface area contributed by atoms with Gasteiger partial charge in [0.15, 0.2) is 0 Å². The molecule has 51 heavy (non-hydrogen) atoms. The molecule has 4 heterocycles. The Morgan fingerprint density at radius 1 is 0.392 bits per heavy atom. The molecule has 0 aliphatic heterocycles. The van der Waals surface area contributed by atoms with Crippen LogP contribution in [0, 0.1) is 0 Å². The van der Waals surface area contributed by atoms with Crippen molar-refractivity contribution >= 4 is 84.8 Å². The minimum absolute atomic E-state index is 0.970. The lowest BCUT2D eigenvalue weighted by molar-refractivity contribution is 1.19. The Balaban J connectivity index is 1.18. The number of pyridine rings is 1. The van der Waals surface area contributed by atoms with E-state index < -0.39 is 0 Å². The second kappa shape index (κ2) is 11.2. The van der Waals surface area contributed by atoms with Crippen LogP contribution in [0.5, 0.6) is 0 Å². The Bertz CT molecular complexity index is 3060. The fourth-order valence-corrected chi connectivity index (χ4v) is 10.5. The summed E-state index contributed by atoms with van der Waals surface area (Å²) in [4.78, 5) is 5.11. The van der Waals surface area contributed by atoms with Crippen LogP contribution in [0.2, 0.25) is 0 Å². The molecule has 0 radical (unpaired) electrons. The lowest BCUT2D eigenvalue weighted by Crippen LogP contribution is -1.95. The van der Waals surface area contributed by atoms with E-state index in [4.69, 9.17) is 4.98 Å². The van der Waals surface area contributed by atoms with Gasteiger partial charge in [-0.25, -0.2) is 4.98 Å². The largest absolute Gasteiger partial charge is 0.308 e. The molecule has 0 bridgehead atoms. The SMILES string of the molecule is c1ccc(-c2cc(-c3ccc(-n4c5ccccc5c5c6c7ccccc7sc6c6c7ccccc7sc6c54)cc3)cc(-c3ccccc3)n2)cc1. The van der Waals surface area contributed by atoms with Gasteiger partial charge in [0, 0.05) is 63.2 Å². The maximum absolute atomic E-state index is 5.11. The van der Waals surface area contributed by atoms with Crippen molar-refractivity contribution < 1.29 is 0 Å². The summed E-state index contributed by atoms with van der Waals surface area (Å²) in [6.45, 7) is 0. The van der Waals surface area contributed by atoms with Gasteiger partial charge in [0.25, 0.3) is 0 Å². The van der Waals surface area contributed by atoms with Crippen LogP contribution >= 0.6 is 22.7 Å². The van der Waals surface area contributed by atoms with Crippen LogP contribution in [0.25, 0.3) is 101 Å². The van der Waals surface area contributed by atoms with Crippen LogP contribution in [0.15, 0.2) is 170 Å². The van der Waals surface area contributed by atoms with Gasteiger partial charge >= 0.3 is 0 Å². The lowest BCUT2D eigenvalue weighted by atomic mass is 9.99. The molecule has 0 saturated carbocycles. The third-order valence-electron chi connectivity index (χ3n) is 10.2. The van der Waals surface area contributed by atoms with Crippen LogP contribution in [-0.4, -0.2) is 9.55 Å². The standard InChI is InChI=1S/C47H28N2S2/c1-3-13-30(14-4-1)37-27-32(28-38(48-37)31-15-5-2-6-16-31)29-23-25-33(26-24-29)49-39-20-10-7-17-34(39)42-43-35-18-8-11-21-40(35)50-46(43)44-36-19-9-12-22-41(36)51-47(44)45(42)49/h1-28H. The zero-order valence-corrected chi connectivity index (χ0v) is 29.0. The molecule has 2 nitrogen and oxygen atoms in total. The molecule has 11 rings (SSSR count). The van der Waals surface area contributed by atoms with Crippen molar-refractivity contribution in [1.82, 2.24) is 9.55 Å². The number of nitrogens with zero attached hydrogens (tertiary/aromatic N) is 2. The predicted octanol–water partition coefficient (Wildman–Crippen LogP) is 13.9. The average Bonchev–Trinajstić information content (AvgIpc) is 3.88. The van der Waals surface area contributed by atoms with E-state index in [1.807, 2.05) is 22.7 Å². The van der Waals surface area contributed by atoms with E-state index in [1.54, 1.807) is 0 Å². The maximum atomic E-state index is 5.11. The third-order valence-corrected chi connectivity index (χ3v) is 12.5. The lowest BCUT2D eigenvalue weighted by Gasteiger charge is -2.12. The number of para-hydroxylation sites is 1. The molecule has 0 amide bonds. The first-order valence-electron chi connectivity index (χ1n) is 17.2. The number of fused-ring (bicyclic) bond motifs is 12. The number of thiophene rings is 2. The molecule has 0 atom stereocenters. The highest BCUT2D eigenvalue weighted by Gasteiger charge is 2.24. The molecule has 238 valence electrons. The van der Waals surface area contributed by atoms with Gasteiger partial charge < -0.3 is 4.57 Å². The van der Waals surface area contributed by atoms with Crippen molar-refractivity contribution in [2.45, 2.75) is 0 Å².